The predicted octanol–water partition coefficient (Wildman–Crippen LogP) is 1.75. The third-order valence-corrected chi connectivity index (χ3v) is 2.54. The van der Waals surface area contributed by atoms with Crippen LogP contribution in [0, 0.1) is 6.92 Å². The fraction of sp³-hybridized carbons (Fsp3) is 0.273. The topological polar surface area (TPSA) is 72.2 Å². The van der Waals surface area contributed by atoms with E-state index in [1.54, 1.807) is 12.1 Å². The fourth-order valence-electron chi connectivity index (χ4n) is 1.30. The molecule has 0 aliphatic heterocycles. The summed E-state index contributed by atoms with van der Waals surface area (Å²) in [7, 11) is 0. The van der Waals surface area contributed by atoms with Gasteiger partial charge in [-0.1, -0.05) is 11.6 Å². The Bertz CT molecular complexity index is 444. The van der Waals surface area contributed by atoms with Crippen LogP contribution in [0.5, 0.6) is 0 Å². The third-order valence-electron chi connectivity index (χ3n) is 2.13. The van der Waals surface area contributed by atoms with Gasteiger partial charge in [0.25, 0.3) is 0 Å². The minimum Gasteiger partial charge on any atom is -0.376 e. The van der Waals surface area contributed by atoms with Crippen molar-refractivity contribution in [2.45, 2.75) is 13.8 Å². The van der Waals surface area contributed by atoms with E-state index >= 15 is 0 Å². The molecular formula is C11H13ClN2O2. The maximum absolute atomic E-state index is 11.4. The minimum atomic E-state index is -0.494. The number of Topliss-reactive ketones (excluding diaryl/α,β-unsaturated/α-hetero) is 1. The number of anilines is 1. The summed E-state index contributed by atoms with van der Waals surface area (Å²) >= 11 is 5.94. The summed E-state index contributed by atoms with van der Waals surface area (Å²) in [6, 6.07) is 3.31. The summed E-state index contributed by atoms with van der Waals surface area (Å²) in [4.78, 5) is 22.0. The molecule has 5 heteroatoms. The molecule has 0 aliphatic carbocycles. The number of primary amides is 1. The molecule has 1 aromatic rings. The lowest BCUT2D eigenvalue weighted by Crippen LogP contribution is -2.22. The third kappa shape index (κ3) is 2.97. The smallest absolute Gasteiger partial charge is 0.236 e. The number of benzene rings is 1. The molecule has 3 N–H and O–H groups in total. The number of nitrogens with two attached hydrogens (primary N) is 1. The zero-order valence-corrected chi connectivity index (χ0v) is 9.89. The van der Waals surface area contributed by atoms with E-state index in [1.807, 2.05) is 6.92 Å². The van der Waals surface area contributed by atoms with Crippen molar-refractivity contribution in [3.8, 4) is 0 Å². The number of aryl methyl sites for hydroxylation is 1. The molecule has 0 heterocycles. The van der Waals surface area contributed by atoms with Crippen molar-refractivity contribution in [2.75, 3.05) is 11.9 Å². The number of ketones is 1. The standard InChI is InChI=1S/C11H13ClN2O2/c1-6-3-8(7(2)15)10(4-9(6)12)14-5-11(13)16/h3-4,14H,5H2,1-2H3,(H2,13,16). The van der Waals surface area contributed by atoms with Crippen LogP contribution in [0.3, 0.4) is 0 Å². The number of hydrogen-bond acceptors (Lipinski definition) is 3. The molecule has 0 spiro atoms. The molecule has 1 rings (SSSR count). The monoisotopic (exact) mass is 240 g/mol. The molecule has 1 amide bonds. The number of rotatable bonds is 4. The van der Waals surface area contributed by atoms with Crippen molar-refractivity contribution in [1.82, 2.24) is 0 Å². The Morgan fingerprint density at radius 3 is 2.56 bits per heavy atom. The molecular weight excluding hydrogens is 228 g/mol. The number of carbonyl (C=O) groups is 2. The Balaban J connectivity index is 3.09. The van der Waals surface area contributed by atoms with Crippen molar-refractivity contribution in [3.63, 3.8) is 0 Å². The molecule has 0 fully saturated rings. The van der Waals surface area contributed by atoms with Crippen molar-refractivity contribution in [2.24, 2.45) is 5.73 Å². The van der Waals surface area contributed by atoms with Crippen molar-refractivity contribution in [3.05, 3.63) is 28.3 Å². The molecule has 1 aromatic carbocycles. The van der Waals surface area contributed by atoms with E-state index in [4.69, 9.17) is 17.3 Å². The average Bonchev–Trinajstić information content (AvgIpc) is 2.18. The highest BCUT2D eigenvalue weighted by molar-refractivity contribution is 6.31. The molecule has 0 radical (unpaired) electrons. The van der Waals surface area contributed by atoms with Crippen LogP contribution in [0.1, 0.15) is 22.8 Å². The number of amides is 1. The van der Waals surface area contributed by atoms with Gasteiger partial charge in [-0.3, -0.25) is 9.59 Å². The Kier molecular flexibility index (Phi) is 3.90. The first-order valence-corrected chi connectivity index (χ1v) is 5.13. The largest absolute Gasteiger partial charge is 0.376 e. The first-order chi connectivity index (χ1) is 7.41. The molecule has 0 bridgehead atoms. The second kappa shape index (κ2) is 4.99. The number of carbonyl (C=O) groups excluding carboxylic acids is 2. The molecule has 0 saturated carbocycles. The summed E-state index contributed by atoms with van der Waals surface area (Å²) in [5, 5.41) is 3.32. The van der Waals surface area contributed by atoms with Gasteiger partial charge >= 0.3 is 0 Å². The Morgan fingerprint density at radius 1 is 1.44 bits per heavy atom. The van der Waals surface area contributed by atoms with E-state index in [0.29, 0.717) is 16.3 Å². The second-order valence-electron chi connectivity index (χ2n) is 3.52. The lowest BCUT2D eigenvalue weighted by molar-refractivity contribution is -0.116. The van der Waals surface area contributed by atoms with Gasteiger partial charge in [0, 0.05) is 16.3 Å². The zero-order chi connectivity index (χ0) is 12.3. The van der Waals surface area contributed by atoms with Gasteiger partial charge in [-0.2, -0.15) is 0 Å². The van der Waals surface area contributed by atoms with E-state index in [-0.39, 0.29) is 12.3 Å². The quantitative estimate of drug-likeness (QED) is 0.788. The molecule has 0 atom stereocenters. The Hall–Kier alpha value is -1.55. The van der Waals surface area contributed by atoms with Crippen LogP contribution in [0.4, 0.5) is 5.69 Å². The van der Waals surface area contributed by atoms with Crippen LogP contribution in [0.2, 0.25) is 5.02 Å². The number of halogens is 1. The Morgan fingerprint density at radius 2 is 2.06 bits per heavy atom. The van der Waals surface area contributed by atoms with E-state index < -0.39 is 5.91 Å². The highest BCUT2D eigenvalue weighted by Gasteiger charge is 2.10. The number of nitrogens with one attached hydrogen (secondary N) is 1. The minimum absolute atomic E-state index is 0.0281. The molecule has 86 valence electrons. The molecule has 4 nitrogen and oxygen atoms in total. The summed E-state index contributed by atoms with van der Waals surface area (Å²) in [6.45, 7) is 3.24. The first-order valence-electron chi connectivity index (χ1n) is 4.75. The van der Waals surface area contributed by atoms with Crippen LogP contribution in [-0.2, 0) is 4.79 Å². The fourth-order valence-corrected chi connectivity index (χ4v) is 1.47. The van der Waals surface area contributed by atoms with Crippen molar-refractivity contribution >= 4 is 29.0 Å². The summed E-state index contributed by atoms with van der Waals surface area (Å²) < 4.78 is 0. The lowest BCUT2D eigenvalue weighted by Gasteiger charge is -2.11. The van der Waals surface area contributed by atoms with Crippen LogP contribution in [0.15, 0.2) is 12.1 Å². The molecule has 0 aliphatic rings. The van der Waals surface area contributed by atoms with Crippen molar-refractivity contribution < 1.29 is 9.59 Å². The molecule has 0 unspecified atom stereocenters. The maximum atomic E-state index is 11.4. The molecule has 16 heavy (non-hydrogen) atoms. The van der Waals surface area contributed by atoms with Gasteiger partial charge < -0.3 is 11.1 Å². The highest BCUT2D eigenvalue weighted by Crippen LogP contribution is 2.25. The van der Waals surface area contributed by atoms with E-state index in [9.17, 15) is 9.59 Å². The molecule has 0 saturated heterocycles. The van der Waals surface area contributed by atoms with Crippen molar-refractivity contribution in [1.29, 1.82) is 0 Å². The number of hydrogen-bond donors (Lipinski definition) is 2. The van der Waals surface area contributed by atoms with E-state index in [1.165, 1.54) is 6.92 Å². The van der Waals surface area contributed by atoms with Gasteiger partial charge in [0.1, 0.15) is 0 Å². The van der Waals surface area contributed by atoms with Gasteiger partial charge in [-0.25, -0.2) is 0 Å². The van der Waals surface area contributed by atoms with E-state index in [2.05, 4.69) is 5.32 Å². The predicted molar refractivity (Wildman–Crippen MR) is 63.9 cm³/mol. The zero-order valence-electron chi connectivity index (χ0n) is 9.13. The summed E-state index contributed by atoms with van der Waals surface area (Å²) in [5.74, 6) is -0.585. The van der Waals surface area contributed by atoms with Gasteiger partial charge in [0.15, 0.2) is 5.78 Å². The molecule has 0 aromatic heterocycles. The van der Waals surface area contributed by atoms with E-state index in [0.717, 1.165) is 5.56 Å². The first kappa shape index (κ1) is 12.5. The van der Waals surface area contributed by atoms with Crippen LogP contribution >= 0.6 is 11.6 Å². The maximum Gasteiger partial charge on any atom is 0.236 e. The SMILES string of the molecule is CC(=O)c1cc(C)c(Cl)cc1NCC(N)=O. The second-order valence-corrected chi connectivity index (χ2v) is 3.93. The van der Waals surface area contributed by atoms with Gasteiger partial charge in [-0.15, -0.1) is 0 Å². The van der Waals surface area contributed by atoms with Crippen LogP contribution < -0.4 is 11.1 Å². The normalized spacial score (nSPS) is 9.94. The highest BCUT2D eigenvalue weighted by atomic mass is 35.5. The van der Waals surface area contributed by atoms with Crippen LogP contribution in [0.25, 0.3) is 0 Å². The average molecular weight is 241 g/mol. The summed E-state index contributed by atoms with van der Waals surface area (Å²) in [5.41, 5.74) is 6.86. The van der Waals surface area contributed by atoms with Gasteiger partial charge in [0.05, 0.1) is 6.54 Å². The Labute approximate surface area is 98.8 Å². The van der Waals surface area contributed by atoms with Gasteiger partial charge in [-0.05, 0) is 31.5 Å². The lowest BCUT2D eigenvalue weighted by atomic mass is 10.1. The summed E-state index contributed by atoms with van der Waals surface area (Å²) in [6.07, 6.45) is 0. The van der Waals surface area contributed by atoms with Crippen LogP contribution in [-0.4, -0.2) is 18.2 Å². The van der Waals surface area contributed by atoms with Gasteiger partial charge in [0.2, 0.25) is 5.91 Å².